The molecule has 0 aromatic heterocycles. The average molecular weight is 316 g/mol. The molecule has 2 atom stereocenters. The molecule has 2 unspecified atom stereocenters. The standard InChI is InChI=1S/C24H28/c1-23(2,3)20-9-7-17-12-18-5-4-10-24(22(18)14-19(17)13-20)15-16-6-8-21(24)11-16/h6-7,9,12-14,21H,4-5,8,10-11,15H2,1-3H3. The first-order valence-electron chi connectivity index (χ1n) is 9.71. The summed E-state index contributed by atoms with van der Waals surface area (Å²) < 4.78 is 0. The van der Waals surface area contributed by atoms with Crippen molar-refractivity contribution in [3.63, 3.8) is 0 Å². The maximum atomic E-state index is 2.58. The van der Waals surface area contributed by atoms with E-state index >= 15 is 0 Å². The molecular weight excluding hydrogens is 288 g/mol. The Morgan fingerprint density at radius 2 is 1.92 bits per heavy atom. The molecule has 0 heterocycles. The normalized spacial score (nSPS) is 28.5. The highest BCUT2D eigenvalue weighted by molar-refractivity contribution is 5.85. The predicted octanol–water partition coefficient (Wildman–Crippen LogP) is 6.45. The van der Waals surface area contributed by atoms with Gasteiger partial charge in [-0.2, -0.15) is 0 Å². The van der Waals surface area contributed by atoms with Crippen LogP contribution in [0.3, 0.4) is 0 Å². The van der Waals surface area contributed by atoms with Gasteiger partial charge in [0.1, 0.15) is 0 Å². The average Bonchev–Trinajstić information content (AvgIpc) is 3.14. The predicted molar refractivity (Wildman–Crippen MR) is 103 cm³/mol. The molecule has 1 fully saturated rings. The molecule has 2 bridgehead atoms. The van der Waals surface area contributed by atoms with Gasteiger partial charge < -0.3 is 0 Å². The van der Waals surface area contributed by atoms with Crippen LogP contribution in [-0.4, -0.2) is 0 Å². The Morgan fingerprint density at radius 1 is 1.04 bits per heavy atom. The van der Waals surface area contributed by atoms with Crippen LogP contribution in [0.1, 0.15) is 69.6 Å². The van der Waals surface area contributed by atoms with E-state index in [1.165, 1.54) is 54.9 Å². The zero-order chi connectivity index (χ0) is 16.5. The Balaban J connectivity index is 1.71. The van der Waals surface area contributed by atoms with Gasteiger partial charge in [0.15, 0.2) is 0 Å². The highest BCUT2D eigenvalue weighted by atomic mass is 14.5. The highest BCUT2D eigenvalue weighted by Gasteiger charge is 2.49. The molecule has 0 heteroatoms. The van der Waals surface area contributed by atoms with Crippen LogP contribution >= 0.6 is 0 Å². The first-order chi connectivity index (χ1) is 11.5. The quantitative estimate of drug-likeness (QED) is 0.490. The number of allylic oxidation sites excluding steroid dienone is 2. The van der Waals surface area contributed by atoms with E-state index in [1.807, 2.05) is 0 Å². The molecular formula is C24H28. The van der Waals surface area contributed by atoms with Gasteiger partial charge in [-0.1, -0.05) is 62.8 Å². The zero-order valence-electron chi connectivity index (χ0n) is 15.3. The van der Waals surface area contributed by atoms with Crippen LogP contribution in [0.5, 0.6) is 0 Å². The van der Waals surface area contributed by atoms with Gasteiger partial charge in [0.2, 0.25) is 0 Å². The van der Waals surface area contributed by atoms with Crippen LogP contribution in [0.25, 0.3) is 10.8 Å². The molecule has 0 nitrogen and oxygen atoms in total. The topological polar surface area (TPSA) is 0 Å². The van der Waals surface area contributed by atoms with E-state index in [1.54, 1.807) is 16.7 Å². The summed E-state index contributed by atoms with van der Waals surface area (Å²) in [7, 11) is 0. The minimum atomic E-state index is 0.221. The Bertz CT molecular complexity index is 861. The first-order valence-corrected chi connectivity index (χ1v) is 9.71. The Morgan fingerprint density at radius 3 is 2.62 bits per heavy atom. The minimum absolute atomic E-state index is 0.221. The Hall–Kier alpha value is -1.56. The molecule has 1 saturated carbocycles. The summed E-state index contributed by atoms with van der Waals surface area (Å²) in [4.78, 5) is 0. The SMILES string of the molecule is CC(C)(C)c1ccc2cc3c(cc2c1)C1(CCC3)CC2=CCC1C2. The van der Waals surface area contributed by atoms with Gasteiger partial charge in [0, 0.05) is 5.41 Å². The minimum Gasteiger partial charge on any atom is -0.0850 e. The van der Waals surface area contributed by atoms with Crippen molar-refractivity contribution in [3.8, 4) is 0 Å². The monoisotopic (exact) mass is 316 g/mol. The summed E-state index contributed by atoms with van der Waals surface area (Å²) in [6.07, 6.45) is 10.6. The van der Waals surface area contributed by atoms with Gasteiger partial charge in [-0.3, -0.25) is 0 Å². The lowest BCUT2D eigenvalue weighted by atomic mass is 9.62. The Labute approximate surface area is 146 Å². The molecule has 24 heavy (non-hydrogen) atoms. The summed E-state index contributed by atoms with van der Waals surface area (Å²) in [5.41, 5.74) is 7.25. The summed E-state index contributed by atoms with van der Waals surface area (Å²) in [6, 6.07) is 12.2. The van der Waals surface area contributed by atoms with E-state index in [0.29, 0.717) is 5.41 Å². The molecule has 1 spiro atoms. The van der Waals surface area contributed by atoms with Crippen LogP contribution in [0.4, 0.5) is 0 Å². The second-order valence-corrected chi connectivity index (χ2v) is 9.51. The molecule has 3 aliphatic carbocycles. The van der Waals surface area contributed by atoms with Gasteiger partial charge in [0.05, 0.1) is 0 Å². The fourth-order valence-corrected chi connectivity index (χ4v) is 5.73. The van der Waals surface area contributed by atoms with Gasteiger partial charge in [-0.05, 0) is 77.3 Å². The third-order valence-electron chi connectivity index (χ3n) is 7.06. The van der Waals surface area contributed by atoms with Gasteiger partial charge in [-0.15, -0.1) is 0 Å². The van der Waals surface area contributed by atoms with Crippen molar-refractivity contribution in [1.29, 1.82) is 0 Å². The molecule has 0 N–H and O–H groups in total. The van der Waals surface area contributed by atoms with Crippen LogP contribution in [0.2, 0.25) is 0 Å². The smallest absolute Gasteiger partial charge is 0.00274 e. The lowest BCUT2D eigenvalue weighted by molar-refractivity contribution is 0.270. The molecule has 5 rings (SSSR count). The number of hydrogen-bond donors (Lipinski definition) is 0. The van der Waals surface area contributed by atoms with Crippen molar-refractivity contribution in [2.45, 2.75) is 70.1 Å². The van der Waals surface area contributed by atoms with Crippen molar-refractivity contribution in [2.75, 3.05) is 0 Å². The Kier molecular flexibility index (Phi) is 2.92. The second-order valence-electron chi connectivity index (χ2n) is 9.51. The maximum absolute atomic E-state index is 2.58. The van der Waals surface area contributed by atoms with Gasteiger partial charge in [-0.25, -0.2) is 0 Å². The number of aryl methyl sites for hydroxylation is 1. The largest absolute Gasteiger partial charge is 0.0850 e. The second kappa shape index (κ2) is 4.75. The van der Waals surface area contributed by atoms with E-state index in [-0.39, 0.29) is 5.41 Å². The molecule has 0 aliphatic heterocycles. The fraction of sp³-hybridized carbons (Fsp3) is 0.500. The van der Waals surface area contributed by atoms with Gasteiger partial charge in [0.25, 0.3) is 0 Å². The maximum Gasteiger partial charge on any atom is 0.00274 e. The molecule has 2 aromatic carbocycles. The van der Waals surface area contributed by atoms with E-state index < -0.39 is 0 Å². The van der Waals surface area contributed by atoms with E-state index in [0.717, 1.165) is 5.92 Å². The van der Waals surface area contributed by atoms with Crippen molar-refractivity contribution in [3.05, 3.63) is 58.7 Å². The number of fused-ring (bicyclic) bond motifs is 6. The molecule has 2 aromatic rings. The fourth-order valence-electron chi connectivity index (χ4n) is 5.73. The molecule has 0 radical (unpaired) electrons. The van der Waals surface area contributed by atoms with E-state index in [9.17, 15) is 0 Å². The summed E-state index contributed by atoms with van der Waals surface area (Å²) in [5.74, 6) is 0.884. The van der Waals surface area contributed by atoms with Crippen molar-refractivity contribution >= 4 is 10.8 Å². The van der Waals surface area contributed by atoms with Crippen molar-refractivity contribution in [2.24, 2.45) is 5.92 Å². The number of rotatable bonds is 0. The summed E-state index contributed by atoms with van der Waals surface area (Å²) >= 11 is 0. The van der Waals surface area contributed by atoms with Crippen LogP contribution in [-0.2, 0) is 17.3 Å². The molecule has 124 valence electrons. The van der Waals surface area contributed by atoms with Crippen LogP contribution < -0.4 is 0 Å². The molecule has 0 saturated heterocycles. The zero-order valence-corrected chi connectivity index (χ0v) is 15.3. The lowest BCUT2D eigenvalue weighted by Crippen LogP contribution is -2.35. The lowest BCUT2D eigenvalue weighted by Gasteiger charge is -2.42. The first kappa shape index (κ1) is 14.8. The summed E-state index contributed by atoms with van der Waals surface area (Å²) in [6.45, 7) is 6.95. The van der Waals surface area contributed by atoms with E-state index in [2.05, 4.69) is 57.2 Å². The number of benzene rings is 2. The molecule has 3 aliphatic rings. The van der Waals surface area contributed by atoms with E-state index in [4.69, 9.17) is 0 Å². The van der Waals surface area contributed by atoms with Crippen molar-refractivity contribution in [1.82, 2.24) is 0 Å². The summed E-state index contributed by atoms with van der Waals surface area (Å²) in [5, 5.41) is 2.89. The van der Waals surface area contributed by atoms with Crippen molar-refractivity contribution < 1.29 is 0 Å². The van der Waals surface area contributed by atoms with Crippen LogP contribution in [0, 0.1) is 5.92 Å². The van der Waals surface area contributed by atoms with Gasteiger partial charge >= 0.3 is 0 Å². The van der Waals surface area contributed by atoms with Crippen LogP contribution in [0.15, 0.2) is 42.0 Å². The third-order valence-corrected chi connectivity index (χ3v) is 7.06. The molecule has 0 amide bonds. The third kappa shape index (κ3) is 1.98. The highest BCUT2D eigenvalue weighted by Crippen LogP contribution is 2.59. The number of hydrogen-bond acceptors (Lipinski definition) is 0.